The van der Waals surface area contributed by atoms with Gasteiger partial charge in [0.15, 0.2) is 0 Å². The van der Waals surface area contributed by atoms with Gasteiger partial charge in [-0.1, -0.05) is 45.4 Å². The fraction of sp³-hybridized carbons (Fsp3) is 1.00. The van der Waals surface area contributed by atoms with Gasteiger partial charge in [0.25, 0.3) is 0 Å². The smallest absolute Gasteiger partial charge is 0.0326 e. The molecule has 80 valence electrons. The van der Waals surface area contributed by atoms with E-state index in [9.17, 15) is 0 Å². The lowest BCUT2D eigenvalue weighted by atomic mass is 9.54. The molecule has 3 rings (SSSR count). The fourth-order valence-electron chi connectivity index (χ4n) is 4.95. The van der Waals surface area contributed by atoms with Gasteiger partial charge in [0.2, 0.25) is 0 Å². The molecular formula is C14H24. The van der Waals surface area contributed by atoms with Gasteiger partial charge >= 0.3 is 0 Å². The van der Waals surface area contributed by atoms with Gasteiger partial charge in [-0.25, -0.2) is 0 Å². The first-order valence-corrected chi connectivity index (χ1v) is 6.86. The molecule has 5 unspecified atom stereocenters. The Morgan fingerprint density at radius 1 is 0.714 bits per heavy atom. The predicted octanol–water partition coefficient (Wildman–Crippen LogP) is 4.25. The van der Waals surface area contributed by atoms with E-state index in [0.29, 0.717) is 0 Å². The van der Waals surface area contributed by atoms with Crippen molar-refractivity contribution in [3.63, 3.8) is 0 Å². The van der Waals surface area contributed by atoms with Crippen LogP contribution in [-0.4, -0.2) is 0 Å². The van der Waals surface area contributed by atoms with Gasteiger partial charge < -0.3 is 0 Å². The Bertz CT molecular complexity index is 199. The van der Waals surface area contributed by atoms with Crippen molar-refractivity contribution in [1.82, 2.24) is 0 Å². The summed E-state index contributed by atoms with van der Waals surface area (Å²) in [6.07, 6.45) is 12.5. The molecule has 0 aliphatic heterocycles. The van der Waals surface area contributed by atoms with Crippen molar-refractivity contribution < 1.29 is 0 Å². The van der Waals surface area contributed by atoms with Crippen LogP contribution in [0.4, 0.5) is 0 Å². The van der Waals surface area contributed by atoms with Crippen molar-refractivity contribution >= 4 is 0 Å². The molecular weight excluding hydrogens is 168 g/mol. The van der Waals surface area contributed by atoms with E-state index in [2.05, 4.69) is 6.92 Å². The average Bonchev–Trinajstić information content (AvgIpc) is 2.24. The van der Waals surface area contributed by atoms with E-state index in [1.807, 2.05) is 0 Å². The largest absolute Gasteiger partial charge is 0.0622 e. The van der Waals surface area contributed by atoms with Crippen molar-refractivity contribution in [3.8, 4) is 0 Å². The van der Waals surface area contributed by atoms with Gasteiger partial charge in [-0.2, -0.15) is 0 Å². The van der Waals surface area contributed by atoms with Crippen molar-refractivity contribution in [3.05, 3.63) is 0 Å². The average molecular weight is 192 g/mol. The number of rotatable bonds is 0. The van der Waals surface area contributed by atoms with Crippen LogP contribution in [0.15, 0.2) is 0 Å². The van der Waals surface area contributed by atoms with Crippen LogP contribution in [0.5, 0.6) is 0 Å². The molecule has 0 spiro atoms. The highest BCUT2D eigenvalue weighted by Crippen LogP contribution is 2.54. The molecule has 0 heteroatoms. The Hall–Kier alpha value is 0. The van der Waals surface area contributed by atoms with E-state index >= 15 is 0 Å². The second-order valence-electron chi connectivity index (χ2n) is 6.18. The van der Waals surface area contributed by atoms with Crippen molar-refractivity contribution in [2.24, 2.45) is 29.6 Å². The van der Waals surface area contributed by atoms with Crippen LogP contribution in [0.1, 0.15) is 58.3 Å². The molecule has 0 heterocycles. The van der Waals surface area contributed by atoms with Gasteiger partial charge in [0, 0.05) is 0 Å². The van der Waals surface area contributed by atoms with Crippen LogP contribution in [0.3, 0.4) is 0 Å². The predicted molar refractivity (Wildman–Crippen MR) is 60.1 cm³/mol. The quantitative estimate of drug-likeness (QED) is 0.538. The third-order valence-corrected chi connectivity index (χ3v) is 5.57. The van der Waals surface area contributed by atoms with E-state index in [1.54, 1.807) is 51.4 Å². The summed E-state index contributed by atoms with van der Waals surface area (Å²) in [5.41, 5.74) is 0. The van der Waals surface area contributed by atoms with E-state index < -0.39 is 0 Å². The Morgan fingerprint density at radius 2 is 1.36 bits per heavy atom. The summed E-state index contributed by atoms with van der Waals surface area (Å²) < 4.78 is 0. The second-order valence-corrected chi connectivity index (χ2v) is 6.18. The molecule has 0 aromatic heterocycles. The minimum atomic E-state index is 1.05. The first-order chi connectivity index (χ1) is 6.86. The maximum atomic E-state index is 2.53. The lowest BCUT2D eigenvalue weighted by Crippen LogP contribution is -2.43. The minimum Gasteiger partial charge on any atom is -0.0622 e. The lowest BCUT2D eigenvalue weighted by Gasteiger charge is -2.52. The Morgan fingerprint density at radius 3 is 2.14 bits per heavy atom. The van der Waals surface area contributed by atoms with Gasteiger partial charge in [-0.15, -0.1) is 0 Å². The first-order valence-electron chi connectivity index (χ1n) is 6.86. The summed E-state index contributed by atoms with van der Waals surface area (Å²) in [6, 6.07) is 0. The summed E-state index contributed by atoms with van der Waals surface area (Å²) >= 11 is 0. The van der Waals surface area contributed by atoms with Gasteiger partial charge in [-0.3, -0.25) is 0 Å². The van der Waals surface area contributed by atoms with Crippen molar-refractivity contribution in [2.75, 3.05) is 0 Å². The third-order valence-electron chi connectivity index (χ3n) is 5.57. The Kier molecular flexibility index (Phi) is 2.34. The molecule has 0 N–H and O–H groups in total. The number of hydrogen-bond acceptors (Lipinski definition) is 0. The summed E-state index contributed by atoms with van der Waals surface area (Å²) in [4.78, 5) is 0. The van der Waals surface area contributed by atoms with Gasteiger partial charge in [0.1, 0.15) is 0 Å². The highest BCUT2D eigenvalue weighted by Gasteiger charge is 2.44. The Balaban J connectivity index is 1.84. The van der Waals surface area contributed by atoms with Crippen LogP contribution in [0, 0.1) is 29.6 Å². The highest BCUT2D eigenvalue weighted by atomic mass is 14.5. The number of hydrogen-bond donors (Lipinski definition) is 0. The molecule has 3 saturated carbocycles. The van der Waals surface area contributed by atoms with Crippen LogP contribution >= 0.6 is 0 Å². The topological polar surface area (TPSA) is 0 Å². The summed E-state index contributed by atoms with van der Waals surface area (Å²) in [5, 5.41) is 0. The monoisotopic (exact) mass is 192 g/mol. The SMILES string of the molecule is CC1CCC2CCCC3CCCC1C32. The molecule has 5 atom stereocenters. The van der Waals surface area contributed by atoms with E-state index in [-0.39, 0.29) is 0 Å². The van der Waals surface area contributed by atoms with Gasteiger partial charge in [0.05, 0.1) is 0 Å². The normalized spacial score (nSPS) is 52.5. The van der Waals surface area contributed by atoms with Crippen LogP contribution in [0.2, 0.25) is 0 Å². The zero-order chi connectivity index (χ0) is 9.54. The molecule has 0 bridgehead atoms. The fourth-order valence-corrected chi connectivity index (χ4v) is 4.95. The minimum absolute atomic E-state index is 1.05. The summed E-state index contributed by atoms with van der Waals surface area (Å²) in [5.74, 6) is 5.65. The lowest BCUT2D eigenvalue weighted by molar-refractivity contribution is -0.0172. The van der Waals surface area contributed by atoms with Crippen LogP contribution in [-0.2, 0) is 0 Å². The molecule has 14 heavy (non-hydrogen) atoms. The molecule has 3 aliphatic carbocycles. The molecule has 3 aliphatic rings. The zero-order valence-corrected chi connectivity index (χ0v) is 9.54. The highest BCUT2D eigenvalue weighted by molar-refractivity contribution is 4.94. The molecule has 0 aromatic rings. The maximum absolute atomic E-state index is 2.53. The Labute approximate surface area is 88.5 Å². The standard InChI is InChI=1S/C14H24/c1-10-8-9-12-5-2-4-11-6-3-7-13(10)14(11)12/h10-14H,2-9H2,1H3. The first kappa shape index (κ1) is 9.24. The van der Waals surface area contributed by atoms with E-state index in [4.69, 9.17) is 0 Å². The second kappa shape index (κ2) is 3.54. The third kappa shape index (κ3) is 1.33. The molecule has 0 aromatic carbocycles. The molecule has 0 radical (unpaired) electrons. The maximum Gasteiger partial charge on any atom is -0.0326 e. The van der Waals surface area contributed by atoms with Crippen LogP contribution < -0.4 is 0 Å². The van der Waals surface area contributed by atoms with E-state index in [0.717, 1.165) is 23.7 Å². The van der Waals surface area contributed by atoms with Gasteiger partial charge in [-0.05, 0) is 42.4 Å². The summed E-state index contributed by atoms with van der Waals surface area (Å²) in [7, 11) is 0. The molecule has 0 nitrogen and oxygen atoms in total. The van der Waals surface area contributed by atoms with E-state index in [1.165, 1.54) is 5.92 Å². The molecule has 0 amide bonds. The van der Waals surface area contributed by atoms with Crippen LogP contribution in [0.25, 0.3) is 0 Å². The molecule has 0 saturated heterocycles. The molecule has 3 fully saturated rings. The summed E-state index contributed by atoms with van der Waals surface area (Å²) in [6.45, 7) is 2.53. The zero-order valence-electron chi connectivity index (χ0n) is 9.54. The van der Waals surface area contributed by atoms with Crippen molar-refractivity contribution in [2.45, 2.75) is 58.3 Å². The van der Waals surface area contributed by atoms with Crippen molar-refractivity contribution in [1.29, 1.82) is 0 Å².